The Kier molecular flexibility index (Phi) is 3.60. The van der Waals surface area contributed by atoms with Gasteiger partial charge in [-0.1, -0.05) is 6.07 Å². The molecule has 0 atom stereocenters. The SMILES string of the molecule is Cc1ccnc(Oc2cccc([N+](=O)[O-])c2C(=O)O)c1. The average molecular weight is 274 g/mol. The lowest BCUT2D eigenvalue weighted by Crippen LogP contribution is -2.05. The van der Waals surface area contributed by atoms with Crippen molar-refractivity contribution >= 4 is 11.7 Å². The van der Waals surface area contributed by atoms with E-state index in [4.69, 9.17) is 9.84 Å². The van der Waals surface area contributed by atoms with Gasteiger partial charge in [0.05, 0.1) is 4.92 Å². The molecule has 0 amide bonds. The first-order valence-corrected chi connectivity index (χ1v) is 5.60. The Labute approximate surface area is 113 Å². The van der Waals surface area contributed by atoms with Crippen LogP contribution in [0.15, 0.2) is 36.5 Å². The van der Waals surface area contributed by atoms with Gasteiger partial charge >= 0.3 is 5.97 Å². The van der Waals surface area contributed by atoms with Crippen molar-refractivity contribution < 1.29 is 19.6 Å². The lowest BCUT2D eigenvalue weighted by Gasteiger charge is -2.08. The highest BCUT2D eigenvalue weighted by Crippen LogP contribution is 2.31. The normalized spacial score (nSPS) is 10.1. The van der Waals surface area contributed by atoms with Crippen LogP contribution >= 0.6 is 0 Å². The van der Waals surface area contributed by atoms with Gasteiger partial charge in [0.1, 0.15) is 0 Å². The van der Waals surface area contributed by atoms with Crippen molar-refractivity contribution in [2.24, 2.45) is 0 Å². The Hall–Kier alpha value is -2.96. The van der Waals surface area contributed by atoms with Crippen LogP contribution in [-0.4, -0.2) is 21.0 Å². The van der Waals surface area contributed by atoms with E-state index in [1.54, 1.807) is 12.1 Å². The molecule has 102 valence electrons. The number of carboxylic acid groups (broad SMARTS) is 1. The number of carbonyl (C=O) groups is 1. The molecule has 7 nitrogen and oxygen atoms in total. The Balaban J connectivity index is 2.49. The number of aryl methyl sites for hydroxylation is 1. The summed E-state index contributed by atoms with van der Waals surface area (Å²) in [5, 5.41) is 20.0. The van der Waals surface area contributed by atoms with Crippen LogP contribution in [0.3, 0.4) is 0 Å². The third-order valence-corrected chi connectivity index (χ3v) is 2.52. The first kappa shape index (κ1) is 13.5. The molecule has 0 unspecified atom stereocenters. The Morgan fingerprint density at radius 3 is 2.75 bits per heavy atom. The van der Waals surface area contributed by atoms with E-state index >= 15 is 0 Å². The number of carboxylic acids is 1. The van der Waals surface area contributed by atoms with Gasteiger partial charge in [-0.25, -0.2) is 9.78 Å². The van der Waals surface area contributed by atoms with E-state index in [0.717, 1.165) is 11.6 Å². The van der Waals surface area contributed by atoms with Crippen molar-refractivity contribution in [1.29, 1.82) is 0 Å². The zero-order valence-corrected chi connectivity index (χ0v) is 10.4. The van der Waals surface area contributed by atoms with Crippen LogP contribution in [0.1, 0.15) is 15.9 Å². The second-order valence-electron chi connectivity index (χ2n) is 3.99. The van der Waals surface area contributed by atoms with Crippen LogP contribution in [0, 0.1) is 17.0 Å². The lowest BCUT2D eigenvalue weighted by atomic mass is 10.1. The summed E-state index contributed by atoms with van der Waals surface area (Å²) in [7, 11) is 0. The van der Waals surface area contributed by atoms with E-state index in [1.165, 1.54) is 18.3 Å². The van der Waals surface area contributed by atoms with Crippen molar-refractivity contribution in [3.05, 3.63) is 57.8 Å². The monoisotopic (exact) mass is 274 g/mol. The molecule has 1 N–H and O–H groups in total. The van der Waals surface area contributed by atoms with E-state index in [-0.39, 0.29) is 11.6 Å². The van der Waals surface area contributed by atoms with Crippen LogP contribution in [-0.2, 0) is 0 Å². The fraction of sp³-hybridized carbons (Fsp3) is 0.0769. The molecule has 7 heteroatoms. The van der Waals surface area contributed by atoms with Gasteiger partial charge in [-0.15, -0.1) is 0 Å². The number of benzene rings is 1. The molecule has 0 aliphatic carbocycles. The lowest BCUT2D eigenvalue weighted by molar-refractivity contribution is -0.385. The second kappa shape index (κ2) is 5.35. The predicted molar refractivity (Wildman–Crippen MR) is 69.1 cm³/mol. The fourth-order valence-corrected chi connectivity index (χ4v) is 1.65. The van der Waals surface area contributed by atoms with Crippen LogP contribution in [0.25, 0.3) is 0 Å². The van der Waals surface area contributed by atoms with Gasteiger partial charge in [0, 0.05) is 18.3 Å². The molecule has 0 fully saturated rings. The summed E-state index contributed by atoms with van der Waals surface area (Å²) in [4.78, 5) is 25.2. The zero-order valence-electron chi connectivity index (χ0n) is 10.4. The maximum absolute atomic E-state index is 11.2. The summed E-state index contributed by atoms with van der Waals surface area (Å²) in [6.07, 6.45) is 1.50. The summed E-state index contributed by atoms with van der Waals surface area (Å²) in [5.41, 5.74) is -0.152. The molecular weight excluding hydrogens is 264 g/mol. The van der Waals surface area contributed by atoms with Crippen molar-refractivity contribution in [2.75, 3.05) is 0 Å². The maximum Gasteiger partial charge on any atom is 0.346 e. The predicted octanol–water partition coefficient (Wildman–Crippen LogP) is 2.79. The molecule has 0 bridgehead atoms. The Bertz CT molecular complexity index is 684. The van der Waals surface area contributed by atoms with Gasteiger partial charge in [0.25, 0.3) is 5.69 Å². The van der Waals surface area contributed by atoms with Crippen LogP contribution in [0.5, 0.6) is 11.6 Å². The van der Waals surface area contributed by atoms with Crippen LogP contribution in [0.4, 0.5) is 5.69 Å². The van der Waals surface area contributed by atoms with Gasteiger partial charge in [-0.05, 0) is 24.6 Å². The van der Waals surface area contributed by atoms with Crippen LogP contribution < -0.4 is 4.74 Å². The molecule has 1 aromatic heterocycles. The highest BCUT2D eigenvalue weighted by Gasteiger charge is 2.25. The van der Waals surface area contributed by atoms with Gasteiger partial charge < -0.3 is 9.84 Å². The highest BCUT2D eigenvalue weighted by atomic mass is 16.6. The minimum absolute atomic E-state index is 0.121. The highest BCUT2D eigenvalue weighted by molar-refractivity contribution is 5.95. The van der Waals surface area contributed by atoms with E-state index in [2.05, 4.69) is 4.98 Å². The van der Waals surface area contributed by atoms with Crippen molar-refractivity contribution in [2.45, 2.75) is 6.92 Å². The molecule has 0 spiro atoms. The van der Waals surface area contributed by atoms with Gasteiger partial charge in [-0.3, -0.25) is 10.1 Å². The number of nitrogens with zero attached hydrogens (tertiary/aromatic N) is 2. The number of hydrogen-bond acceptors (Lipinski definition) is 5. The molecule has 0 aliphatic heterocycles. The molecule has 0 saturated heterocycles. The molecule has 0 saturated carbocycles. The van der Waals surface area contributed by atoms with Crippen molar-refractivity contribution in [3.8, 4) is 11.6 Å². The number of aromatic nitrogens is 1. The molecule has 0 aliphatic rings. The van der Waals surface area contributed by atoms with E-state index in [9.17, 15) is 14.9 Å². The Morgan fingerprint density at radius 1 is 1.40 bits per heavy atom. The number of nitro benzene ring substituents is 1. The Morgan fingerprint density at radius 2 is 2.15 bits per heavy atom. The summed E-state index contributed by atoms with van der Waals surface area (Å²) < 4.78 is 5.35. The fourth-order valence-electron chi connectivity index (χ4n) is 1.65. The van der Waals surface area contributed by atoms with E-state index < -0.39 is 22.1 Å². The number of nitro groups is 1. The van der Waals surface area contributed by atoms with Crippen molar-refractivity contribution in [1.82, 2.24) is 4.98 Å². The minimum Gasteiger partial charge on any atom is -0.477 e. The molecule has 20 heavy (non-hydrogen) atoms. The molecule has 1 heterocycles. The van der Waals surface area contributed by atoms with Crippen LogP contribution in [0.2, 0.25) is 0 Å². The summed E-state index contributed by atoms with van der Waals surface area (Å²) in [5.74, 6) is -1.38. The minimum atomic E-state index is -1.43. The van der Waals surface area contributed by atoms with Gasteiger partial charge in [0.15, 0.2) is 11.3 Å². The quantitative estimate of drug-likeness (QED) is 0.679. The number of rotatable bonds is 4. The topological polar surface area (TPSA) is 103 Å². The number of aromatic carboxylic acids is 1. The molecule has 1 aromatic carbocycles. The second-order valence-corrected chi connectivity index (χ2v) is 3.99. The summed E-state index contributed by atoms with van der Waals surface area (Å²) in [6, 6.07) is 7.17. The molecular formula is C13H10N2O5. The zero-order chi connectivity index (χ0) is 14.7. The molecule has 2 aromatic rings. The first-order chi connectivity index (χ1) is 9.49. The smallest absolute Gasteiger partial charge is 0.346 e. The summed E-state index contributed by atoms with van der Waals surface area (Å²) >= 11 is 0. The van der Waals surface area contributed by atoms with Crippen molar-refractivity contribution in [3.63, 3.8) is 0 Å². The standard InChI is InChI=1S/C13H10N2O5/c1-8-5-6-14-11(7-8)20-10-4-2-3-9(15(18)19)12(10)13(16)17/h2-7H,1H3,(H,16,17). The first-order valence-electron chi connectivity index (χ1n) is 5.60. The third-order valence-electron chi connectivity index (χ3n) is 2.52. The number of hydrogen-bond donors (Lipinski definition) is 1. The summed E-state index contributed by atoms with van der Waals surface area (Å²) in [6.45, 7) is 1.82. The van der Waals surface area contributed by atoms with Gasteiger partial charge in [0.2, 0.25) is 5.88 Å². The maximum atomic E-state index is 11.2. The number of pyridine rings is 1. The third kappa shape index (κ3) is 2.72. The number of ether oxygens (including phenoxy) is 1. The molecule has 2 rings (SSSR count). The molecule has 0 radical (unpaired) electrons. The largest absolute Gasteiger partial charge is 0.477 e. The average Bonchev–Trinajstić information content (AvgIpc) is 2.38. The van der Waals surface area contributed by atoms with E-state index in [0.29, 0.717) is 0 Å². The van der Waals surface area contributed by atoms with Gasteiger partial charge in [-0.2, -0.15) is 0 Å². The van der Waals surface area contributed by atoms with E-state index in [1.807, 2.05) is 6.92 Å².